The quantitative estimate of drug-likeness (QED) is 0.640. The van der Waals surface area contributed by atoms with Crippen LogP contribution in [0.2, 0.25) is 0 Å². The largest absolute Gasteiger partial charge is 0.325 e. The summed E-state index contributed by atoms with van der Waals surface area (Å²) in [6.07, 6.45) is 0. The summed E-state index contributed by atoms with van der Waals surface area (Å²) < 4.78 is 13.3. The van der Waals surface area contributed by atoms with Crippen LogP contribution in [0.4, 0.5) is 10.1 Å². The topological polar surface area (TPSA) is 29.1 Å². The second kappa shape index (κ2) is 7.79. The summed E-state index contributed by atoms with van der Waals surface area (Å²) in [5.41, 5.74) is 1.36. The van der Waals surface area contributed by atoms with E-state index in [1.165, 1.54) is 23.9 Å². The van der Waals surface area contributed by atoms with E-state index in [0.29, 0.717) is 5.69 Å². The van der Waals surface area contributed by atoms with Crippen molar-refractivity contribution in [1.82, 2.24) is 0 Å². The number of thioether (sulfide) groups is 1. The number of carbonyl (C=O) groups is 1. The van der Waals surface area contributed by atoms with Crippen LogP contribution in [0.5, 0.6) is 0 Å². The Morgan fingerprint density at radius 1 is 0.875 bits per heavy atom. The Morgan fingerprint density at radius 3 is 2.21 bits per heavy atom. The molecule has 2 nitrogen and oxygen atoms in total. The molecule has 1 N–H and O–H groups in total. The molecule has 3 aromatic carbocycles. The van der Waals surface area contributed by atoms with Crippen LogP contribution in [0.25, 0.3) is 0 Å². The number of anilines is 1. The molecule has 0 radical (unpaired) electrons. The normalized spacial score (nSPS) is 11.7. The maximum Gasteiger partial charge on any atom is 0.242 e. The Morgan fingerprint density at radius 2 is 1.54 bits per heavy atom. The molecule has 0 aliphatic carbocycles. The Bertz CT molecular complexity index is 808. The highest BCUT2D eigenvalue weighted by atomic mass is 32.2. The van der Waals surface area contributed by atoms with Gasteiger partial charge in [0.2, 0.25) is 5.91 Å². The number of amides is 1. The van der Waals surface area contributed by atoms with Crippen LogP contribution in [0.15, 0.2) is 89.8 Å². The van der Waals surface area contributed by atoms with Crippen LogP contribution in [-0.2, 0) is 4.79 Å². The lowest BCUT2D eigenvalue weighted by Crippen LogP contribution is -2.19. The minimum Gasteiger partial charge on any atom is -0.325 e. The zero-order valence-electron chi connectivity index (χ0n) is 12.9. The van der Waals surface area contributed by atoms with Gasteiger partial charge in [0.05, 0.1) is 0 Å². The second-order valence-corrected chi connectivity index (χ2v) is 6.40. The Hall–Kier alpha value is -2.59. The number of hydrogen-bond acceptors (Lipinski definition) is 2. The highest BCUT2D eigenvalue weighted by Crippen LogP contribution is 2.36. The van der Waals surface area contributed by atoms with Gasteiger partial charge in [-0.25, -0.2) is 4.39 Å². The molecule has 0 saturated heterocycles. The van der Waals surface area contributed by atoms with Gasteiger partial charge in [0.25, 0.3) is 0 Å². The molecular weight excluding hydrogens is 321 g/mol. The van der Waals surface area contributed by atoms with Crippen LogP contribution >= 0.6 is 11.8 Å². The smallest absolute Gasteiger partial charge is 0.242 e. The summed E-state index contributed by atoms with van der Waals surface area (Å²) in [5.74, 6) is -0.555. The number of rotatable bonds is 5. The maximum atomic E-state index is 13.3. The summed E-state index contributed by atoms with van der Waals surface area (Å²) in [4.78, 5) is 13.8. The molecule has 4 heteroatoms. The van der Waals surface area contributed by atoms with Crippen LogP contribution in [0, 0.1) is 5.82 Å². The van der Waals surface area contributed by atoms with Gasteiger partial charge in [0.1, 0.15) is 11.1 Å². The third-order valence-electron chi connectivity index (χ3n) is 3.43. The molecular formula is C20H16FNOS. The predicted octanol–water partition coefficient (Wildman–Crippen LogP) is 5.30. The van der Waals surface area contributed by atoms with Crippen molar-refractivity contribution in [3.05, 3.63) is 96.3 Å². The molecule has 0 aliphatic heterocycles. The zero-order valence-corrected chi connectivity index (χ0v) is 13.7. The van der Waals surface area contributed by atoms with Crippen molar-refractivity contribution in [2.75, 3.05) is 5.32 Å². The van der Waals surface area contributed by atoms with Crippen LogP contribution in [0.1, 0.15) is 10.8 Å². The van der Waals surface area contributed by atoms with Crippen molar-refractivity contribution in [3.63, 3.8) is 0 Å². The lowest BCUT2D eigenvalue weighted by atomic mass is 10.1. The molecule has 0 saturated carbocycles. The van der Waals surface area contributed by atoms with E-state index in [2.05, 4.69) is 5.32 Å². The van der Waals surface area contributed by atoms with E-state index >= 15 is 0 Å². The van der Waals surface area contributed by atoms with Crippen molar-refractivity contribution in [2.45, 2.75) is 10.1 Å². The van der Waals surface area contributed by atoms with Gasteiger partial charge in [-0.3, -0.25) is 4.79 Å². The third kappa shape index (κ3) is 4.24. The van der Waals surface area contributed by atoms with E-state index in [4.69, 9.17) is 0 Å². The Kier molecular flexibility index (Phi) is 5.29. The van der Waals surface area contributed by atoms with Gasteiger partial charge in [0.15, 0.2) is 0 Å². The summed E-state index contributed by atoms with van der Waals surface area (Å²) in [6.45, 7) is 0. The average molecular weight is 337 g/mol. The molecule has 120 valence electrons. The first-order valence-electron chi connectivity index (χ1n) is 7.55. The summed E-state index contributed by atoms with van der Waals surface area (Å²) in [6, 6.07) is 25.2. The molecule has 0 aromatic heterocycles. The first-order chi connectivity index (χ1) is 11.7. The molecule has 3 rings (SSSR count). The highest BCUT2D eigenvalue weighted by molar-refractivity contribution is 8.00. The van der Waals surface area contributed by atoms with Crippen molar-refractivity contribution in [3.8, 4) is 0 Å². The van der Waals surface area contributed by atoms with Gasteiger partial charge in [-0.05, 0) is 35.9 Å². The lowest BCUT2D eigenvalue weighted by molar-refractivity contribution is -0.115. The van der Waals surface area contributed by atoms with E-state index < -0.39 is 5.25 Å². The molecule has 0 aliphatic rings. The van der Waals surface area contributed by atoms with Gasteiger partial charge in [0, 0.05) is 10.6 Å². The maximum absolute atomic E-state index is 13.3. The molecule has 0 spiro atoms. The number of nitrogens with one attached hydrogen (secondary N) is 1. The minimum absolute atomic E-state index is 0.180. The fourth-order valence-corrected chi connectivity index (χ4v) is 3.36. The van der Waals surface area contributed by atoms with Gasteiger partial charge < -0.3 is 5.32 Å². The fraction of sp³-hybridized carbons (Fsp3) is 0.0500. The van der Waals surface area contributed by atoms with Gasteiger partial charge >= 0.3 is 0 Å². The number of hydrogen-bond donors (Lipinski definition) is 1. The number of halogens is 1. The van der Waals surface area contributed by atoms with Gasteiger partial charge in [-0.1, -0.05) is 54.6 Å². The molecule has 1 amide bonds. The molecule has 0 unspecified atom stereocenters. The first-order valence-corrected chi connectivity index (χ1v) is 8.43. The average Bonchev–Trinajstić information content (AvgIpc) is 2.61. The molecule has 0 fully saturated rings. The predicted molar refractivity (Wildman–Crippen MR) is 96.5 cm³/mol. The SMILES string of the molecule is O=C(Nc1cccc(F)c1)[C@@H](Sc1ccccc1)c1ccccc1. The standard InChI is InChI=1S/C20H16FNOS/c21-16-10-7-11-17(14-16)22-20(23)19(15-8-3-1-4-9-15)24-18-12-5-2-6-13-18/h1-14,19H,(H,22,23)/t19-/m0/s1. The summed E-state index contributed by atoms with van der Waals surface area (Å²) in [7, 11) is 0. The van der Waals surface area contributed by atoms with Gasteiger partial charge in [-0.15, -0.1) is 11.8 Å². The van der Waals surface area contributed by atoms with E-state index in [1.54, 1.807) is 12.1 Å². The van der Waals surface area contributed by atoms with Crippen molar-refractivity contribution in [2.24, 2.45) is 0 Å². The first kappa shape index (κ1) is 16.3. The molecule has 0 bridgehead atoms. The van der Waals surface area contributed by atoms with Crippen LogP contribution in [-0.4, -0.2) is 5.91 Å². The van der Waals surface area contributed by atoms with E-state index in [-0.39, 0.29) is 11.7 Å². The van der Waals surface area contributed by atoms with Crippen molar-refractivity contribution in [1.29, 1.82) is 0 Å². The highest BCUT2D eigenvalue weighted by Gasteiger charge is 2.22. The monoisotopic (exact) mass is 337 g/mol. The lowest BCUT2D eigenvalue weighted by Gasteiger charge is -2.17. The summed E-state index contributed by atoms with van der Waals surface area (Å²) >= 11 is 1.47. The van der Waals surface area contributed by atoms with E-state index in [1.807, 2.05) is 60.7 Å². The number of benzene rings is 3. The molecule has 24 heavy (non-hydrogen) atoms. The van der Waals surface area contributed by atoms with Gasteiger partial charge in [-0.2, -0.15) is 0 Å². The van der Waals surface area contributed by atoms with E-state index in [0.717, 1.165) is 10.5 Å². The minimum atomic E-state index is -0.420. The third-order valence-corrected chi connectivity index (χ3v) is 4.70. The van der Waals surface area contributed by atoms with Crippen molar-refractivity contribution >= 4 is 23.4 Å². The molecule has 0 heterocycles. The number of carbonyl (C=O) groups excluding carboxylic acids is 1. The Balaban J connectivity index is 1.85. The molecule has 1 atom stereocenters. The zero-order chi connectivity index (χ0) is 16.8. The van der Waals surface area contributed by atoms with Crippen LogP contribution in [0.3, 0.4) is 0 Å². The molecule has 3 aromatic rings. The second-order valence-electron chi connectivity index (χ2n) is 5.22. The van der Waals surface area contributed by atoms with Crippen LogP contribution < -0.4 is 5.32 Å². The Labute approximate surface area is 144 Å². The fourth-order valence-electron chi connectivity index (χ4n) is 2.31. The van der Waals surface area contributed by atoms with Crippen molar-refractivity contribution < 1.29 is 9.18 Å². The summed E-state index contributed by atoms with van der Waals surface area (Å²) in [5, 5.41) is 2.38. The van der Waals surface area contributed by atoms with E-state index in [9.17, 15) is 9.18 Å².